The topological polar surface area (TPSA) is 81.4 Å². The molecule has 6 atom stereocenters. The smallest absolute Gasteiger partial charge is 0.124 e. The third-order valence-electron chi connectivity index (χ3n) is 12.8. The van der Waals surface area contributed by atoms with Crippen molar-refractivity contribution in [2.24, 2.45) is 0 Å². The maximum absolute atomic E-state index is 4.97. The number of nitrogens with one attached hydrogen (secondary N) is 4. The van der Waals surface area contributed by atoms with E-state index >= 15 is 0 Å². The Labute approximate surface area is 270 Å². The van der Waals surface area contributed by atoms with Crippen molar-refractivity contribution >= 4 is 11.0 Å². The zero-order valence-electron chi connectivity index (χ0n) is 26.5. The minimum absolute atomic E-state index is 0.359. The fourth-order valence-corrected chi connectivity index (χ4v) is 10.8. The minimum atomic E-state index is 0.359. The highest BCUT2D eigenvalue weighted by molar-refractivity contribution is 5.88. The molecular formula is C40H42N6. The third-order valence-corrected chi connectivity index (χ3v) is 12.8. The summed E-state index contributed by atoms with van der Waals surface area (Å²) in [6, 6.07) is 17.5. The lowest BCUT2D eigenvalue weighted by Crippen LogP contribution is -2.14. The summed E-state index contributed by atoms with van der Waals surface area (Å²) < 4.78 is 0. The lowest BCUT2D eigenvalue weighted by Gasteiger charge is -2.27. The molecule has 6 heteroatoms. The molecule has 2 saturated carbocycles. The second-order valence-electron chi connectivity index (χ2n) is 15.2. The number of imidazole rings is 2. The first-order chi connectivity index (χ1) is 22.8. The molecule has 4 fully saturated rings. The van der Waals surface area contributed by atoms with Gasteiger partial charge >= 0.3 is 0 Å². The number of benzene rings is 3. The number of hydrogen-bond donors (Lipinski definition) is 4. The molecule has 4 N–H and O–H groups in total. The highest BCUT2D eigenvalue weighted by Crippen LogP contribution is 2.62. The molecule has 4 bridgehead atoms. The van der Waals surface area contributed by atoms with E-state index in [1.54, 1.807) is 22.3 Å². The highest BCUT2D eigenvalue weighted by Gasteiger charge is 2.44. The Balaban J connectivity index is 1.03. The van der Waals surface area contributed by atoms with Gasteiger partial charge in [0.15, 0.2) is 0 Å². The van der Waals surface area contributed by atoms with Crippen LogP contribution < -0.4 is 10.6 Å². The minimum Gasteiger partial charge on any atom is -0.341 e. The summed E-state index contributed by atoms with van der Waals surface area (Å²) in [7, 11) is 0. The quantitative estimate of drug-likeness (QED) is 0.161. The summed E-state index contributed by atoms with van der Waals surface area (Å²) in [6.07, 6.45) is 14.9. The van der Waals surface area contributed by atoms with Crippen LogP contribution in [-0.2, 0) is 0 Å². The van der Waals surface area contributed by atoms with Crippen LogP contribution in [0.1, 0.15) is 134 Å². The van der Waals surface area contributed by atoms with Gasteiger partial charge in [-0.05, 0) is 158 Å². The molecule has 232 valence electrons. The van der Waals surface area contributed by atoms with Crippen molar-refractivity contribution in [3.63, 3.8) is 0 Å². The van der Waals surface area contributed by atoms with E-state index in [-0.39, 0.29) is 0 Å². The maximum atomic E-state index is 4.97. The zero-order chi connectivity index (χ0) is 29.9. The molecule has 6 unspecified atom stereocenters. The Morgan fingerprint density at radius 2 is 1.15 bits per heavy atom. The zero-order valence-corrected chi connectivity index (χ0v) is 26.5. The van der Waals surface area contributed by atoms with Crippen LogP contribution in [0, 0.1) is 0 Å². The number of nitrogens with zero attached hydrogens (tertiary/aromatic N) is 2. The van der Waals surface area contributed by atoms with Crippen molar-refractivity contribution in [1.82, 2.24) is 30.6 Å². The normalized spacial score (nSPS) is 29.0. The largest absolute Gasteiger partial charge is 0.341 e. The van der Waals surface area contributed by atoms with Gasteiger partial charge in [0, 0.05) is 5.56 Å². The lowest BCUT2D eigenvalue weighted by atomic mass is 9.77. The predicted molar refractivity (Wildman–Crippen MR) is 183 cm³/mol. The van der Waals surface area contributed by atoms with Crippen LogP contribution in [0.3, 0.4) is 0 Å². The molecule has 0 amide bonds. The van der Waals surface area contributed by atoms with E-state index in [1.807, 2.05) is 0 Å². The van der Waals surface area contributed by atoms with Gasteiger partial charge in [-0.3, -0.25) is 0 Å². The summed E-state index contributed by atoms with van der Waals surface area (Å²) >= 11 is 0. The van der Waals surface area contributed by atoms with E-state index in [9.17, 15) is 0 Å². The molecule has 6 aliphatic rings. The van der Waals surface area contributed by atoms with Crippen molar-refractivity contribution < 1.29 is 0 Å². The Morgan fingerprint density at radius 1 is 0.565 bits per heavy atom. The number of aromatic amines is 2. The second-order valence-corrected chi connectivity index (χ2v) is 15.2. The number of fused-ring (bicyclic) bond motifs is 11. The fourth-order valence-electron chi connectivity index (χ4n) is 10.8. The van der Waals surface area contributed by atoms with Gasteiger partial charge in [0.05, 0.1) is 35.0 Å². The summed E-state index contributed by atoms with van der Waals surface area (Å²) in [6.45, 7) is 2.18. The SMILES string of the molecule is c1cc2nc(C3CCCN3)[nH]c2cc1-c1ccc(-c2ccc(-c3cnc(C4CCCN4)[nH]3)c3c2C2CCC3C2)c2c1C1CCC2C1. The summed E-state index contributed by atoms with van der Waals surface area (Å²) in [4.78, 5) is 17.3. The second kappa shape index (κ2) is 9.88. The van der Waals surface area contributed by atoms with E-state index in [0.29, 0.717) is 35.8 Å². The molecule has 4 heterocycles. The Hall–Kier alpha value is -3.74. The van der Waals surface area contributed by atoms with Crippen molar-refractivity contribution in [2.45, 2.75) is 100.0 Å². The van der Waals surface area contributed by atoms with Crippen molar-refractivity contribution in [3.05, 3.63) is 82.6 Å². The van der Waals surface area contributed by atoms with E-state index in [0.717, 1.165) is 42.2 Å². The van der Waals surface area contributed by atoms with Crippen molar-refractivity contribution in [3.8, 4) is 33.5 Å². The molecule has 2 aliphatic heterocycles. The van der Waals surface area contributed by atoms with Gasteiger partial charge in [0.1, 0.15) is 11.6 Å². The molecule has 6 nitrogen and oxygen atoms in total. The van der Waals surface area contributed by atoms with Crippen molar-refractivity contribution in [2.75, 3.05) is 13.1 Å². The van der Waals surface area contributed by atoms with Crippen LogP contribution in [0.4, 0.5) is 0 Å². The van der Waals surface area contributed by atoms with E-state index in [1.165, 1.54) is 91.3 Å². The molecule has 5 aromatic rings. The highest BCUT2D eigenvalue weighted by atomic mass is 15.0. The van der Waals surface area contributed by atoms with Crippen LogP contribution >= 0.6 is 0 Å². The number of aromatic nitrogens is 4. The molecular weight excluding hydrogens is 564 g/mol. The van der Waals surface area contributed by atoms with Crippen LogP contribution in [0.25, 0.3) is 44.5 Å². The maximum Gasteiger partial charge on any atom is 0.124 e. The van der Waals surface area contributed by atoms with Gasteiger partial charge in [0.2, 0.25) is 0 Å². The molecule has 0 radical (unpaired) electrons. The van der Waals surface area contributed by atoms with Gasteiger partial charge in [0.25, 0.3) is 0 Å². The van der Waals surface area contributed by atoms with E-state index in [4.69, 9.17) is 9.97 Å². The molecule has 2 saturated heterocycles. The Morgan fingerprint density at radius 3 is 1.80 bits per heavy atom. The van der Waals surface area contributed by atoms with E-state index < -0.39 is 0 Å². The lowest BCUT2D eigenvalue weighted by molar-refractivity contribution is 0.613. The van der Waals surface area contributed by atoms with E-state index in [2.05, 4.69) is 69.3 Å². The van der Waals surface area contributed by atoms with Crippen LogP contribution in [-0.4, -0.2) is 33.0 Å². The first-order valence-corrected chi connectivity index (χ1v) is 18.1. The first kappa shape index (κ1) is 26.3. The van der Waals surface area contributed by atoms with Gasteiger partial charge in [-0.1, -0.05) is 30.3 Å². The standard InChI is InChI=1S/C40H42N6/c1-3-31(41-15-1)39-43-20-34(46-39)29-13-12-28(37-24-7-8-25(18-24)38(29)37)27-11-10-26(35-22-5-6-23(17-22)36(27)35)21-9-14-30-33(19-21)45-40(44-30)32-4-2-16-42-32/h9-14,19-20,22-25,31-32,41-42H,1-8,15-18H2,(H,43,46)(H,44,45). The summed E-state index contributed by atoms with van der Waals surface area (Å²) in [5.74, 6) is 4.95. The van der Waals surface area contributed by atoms with Gasteiger partial charge in [-0.15, -0.1) is 0 Å². The molecule has 3 aromatic carbocycles. The number of hydrogen-bond acceptors (Lipinski definition) is 4. The van der Waals surface area contributed by atoms with Crippen molar-refractivity contribution in [1.29, 1.82) is 0 Å². The third kappa shape index (κ3) is 3.77. The molecule has 2 aromatic heterocycles. The van der Waals surface area contributed by atoms with Gasteiger partial charge in [-0.25, -0.2) is 9.97 Å². The van der Waals surface area contributed by atoms with Crippen LogP contribution in [0.2, 0.25) is 0 Å². The van der Waals surface area contributed by atoms with Crippen LogP contribution in [0.15, 0.2) is 48.7 Å². The predicted octanol–water partition coefficient (Wildman–Crippen LogP) is 8.87. The molecule has 0 spiro atoms. The fraction of sp³-hybridized carbons (Fsp3) is 0.450. The summed E-state index contributed by atoms with van der Waals surface area (Å²) in [5, 5.41) is 7.23. The first-order valence-electron chi connectivity index (χ1n) is 18.1. The molecule has 46 heavy (non-hydrogen) atoms. The summed E-state index contributed by atoms with van der Waals surface area (Å²) in [5.41, 5.74) is 17.3. The Kier molecular flexibility index (Phi) is 5.66. The monoisotopic (exact) mass is 606 g/mol. The average Bonchev–Trinajstić information content (AvgIpc) is 3.94. The van der Waals surface area contributed by atoms with Crippen LogP contribution in [0.5, 0.6) is 0 Å². The van der Waals surface area contributed by atoms with Gasteiger partial charge in [-0.2, -0.15) is 0 Å². The Bertz CT molecular complexity index is 2020. The molecule has 4 aliphatic carbocycles. The van der Waals surface area contributed by atoms with Gasteiger partial charge < -0.3 is 20.6 Å². The molecule has 11 rings (SSSR count). The number of rotatable bonds is 5. The number of H-pyrrole nitrogens is 2. The average molecular weight is 607 g/mol.